The average Bonchev–Trinajstić information content (AvgIpc) is 3.01. The Morgan fingerprint density at radius 3 is 2.59 bits per heavy atom. The summed E-state index contributed by atoms with van der Waals surface area (Å²) in [5, 5.41) is 0.430. The zero-order chi connectivity index (χ0) is 21.2. The topological polar surface area (TPSA) is 85.3 Å². The van der Waals surface area contributed by atoms with E-state index in [1.54, 1.807) is 29.9 Å². The summed E-state index contributed by atoms with van der Waals surface area (Å²) in [6.45, 7) is -1.56. The Hall–Kier alpha value is -3.27. The van der Waals surface area contributed by atoms with Crippen molar-refractivity contribution in [1.82, 2.24) is 20.4 Å². The number of alkyl halides is 3. The van der Waals surface area contributed by atoms with Crippen LogP contribution in [0.25, 0.3) is 10.9 Å². The molecule has 0 bridgehead atoms. The van der Waals surface area contributed by atoms with Crippen molar-refractivity contribution < 1.29 is 27.5 Å². The lowest BCUT2D eigenvalue weighted by molar-refractivity contribution is -0.154. The Kier molecular flexibility index (Phi) is 5.64. The Morgan fingerprint density at radius 2 is 1.90 bits per heavy atom. The third-order valence-corrected chi connectivity index (χ3v) is 4.14. The van der Waals surface area contributed by atoms with Crippen LogP contribution in [0.1, 0.15) is 20.7 Å². The van der Waals surface area contributed by atoms with Gasteiger partial charge in [0, 0.05) is 30.3 Å². The molecule has 3 aromatic rings. The SMILES string of the molecule is Cn1cc(C(=O)NNC(=O)c2cnc(OCC(F)(F)F)c(Cl)c2)c2ccccc21. The number of pyridine rings is 1. The number of para-hydroxylation sites is 1. The summed E-state index contributed by atoms with van der Waals surface area (Å²) in [5.41, 5.74) is 5.61. The van der Waals surface area contributed by atoms with Crippen molar-refractivity contribution in [3.05, 3.63) is 58.9 Å². The van der Waals surface area contributed by atoms with Crippen LogP contribution < -0.4 is 15.6 Å². The Labute approximate surface area is 167 Å². The highest BCUT2D eigenvalue weighted by molar-refractivity contribution is 6.32. The van der Waals surface area contributed by atoms with Crippen molar-refractivity contribution >= 4 is 34.3 Å². The lowest BCUT2D eigenvalue weighted by Crippen LogP contribution is -2.41. The fourth-order valence-corrected chi connectivity index (χ4v) is 2.80. The average molecular weight is 427 g/mol. The van der Waals surface area contributed by atoms with Gasteiger partial charge in [-0.1, -0.05) is 29.8 Å². The molecule has 0 aliphatic carbocycles. The largest absolute Gasteiger partial charge is 0.467 e. The molecule has 1 aromatic carbocycles. The van der Waals surface area contributed by atoms with Gasteiger partial charge in [-0.2, -0.15) is 13.2 Å². The van der Waals surface area contributed by atoms with Crippen LogP contribution in [0.4, 0.5) is 13.2 Å². The van der Waals surface area contributed by atoms with E-state index in [1.807, 2.05) is 12.1 Å². The van der Waals surface area contributed by atoms with Crippen molar-refractivity contribution in [2.45, 2.75) is 6.18 Å². The van der Waals surface area contributed by atoms with E-state index in [4.69, 9.17) is 11.6 Å². The first-order valence-electron chi connectivity index (χ1n) is 8.15. The zero-order valence-corrected chi connectivity index (χ0v) is 15.6. The second kappa shape index (κ2) is 8.00. The number of ether oxygens (including phenoxy) is 1. The molecule has 0 saturated heterocycles. The van der Waals surface area contributed by atoms with Gasteiger partial charge < -0.3 is 9.30 Å². The molecule has 11 heteroatoms. The number of amides is 2. The number of hydrogen-bond acceptors (Lipinski definition) is 4. The molecule has 0 aliphatic heterocycles. The fourth-order valence-electron chi connectivity index (χ4n) is 2.58. The summed E-state index contributed by atoms with van der Waals surface area (Å²) < 4.78 is 42.8. The van der Waals surface area contributed by atoms with Gasteiger partial charge in [-0.05, 0) is 12.1 Å². The van der Waals surface area contributed by atoms with Crippen LogP contribution in [0.5, 0.6) is 5.88 Å². The summed E-state index contributed by atoms with van der Waals surface area (Å²) in [5.74, 6) is -1.75. The van der Waals surface area contributed by atoms with Gasteiger partial charge in [0.05, 0.1) is 11.1 Å². The molecule has 0 unspecified atom stereocenters. The van der Waals surface area contributed by atoms with Crippen molar-refractivity contribution in [2.24, 2.45) is 7.05 Å². The number of carbonyl (C=O) groups excluding carboxylic acids is 2. The van der Waals surface area contributed by atoms with E-state index >= 15 is 0 Å². The first-order chi connectivity index (χ1) is 13.7. The molecule has 7 nitrogen and oxygen atoms in total. The molecule has 0 aliphatic rings. The number of hydrazine groups is 1. The molecule has 0 spiro atoms. The molecule has 0 atom stereocenters. The lowest BCUT2D eigenvalue weighted by Gasteiger charge is -2.11. The molecule has 0 saturated carbocycles. The van der Waals surface area contributed by atoms with Gasteiger partial charge in [-0.25, -0.2) is 4.98 Å². The van der Waals surface area contributed by atoms with Crippen LogP contribution in [0.2, 0.25) is 5.02 Å². The Balaban J connectivity index is 1.66. The monoisotopic (exact) mass is 426 g/mol. The van der Waals surface area contributed by atoms with Gasteiger partial charge in [-0.3, -0.25) is 20.4 Å². The number of halogens is 4. The molecule has 2 aromatic heterocycles. The minimum absolute atomic E-state index is 0.0763. The molecule has 2 N–H and O–H groups in total. The maximum absolute atomic E-state index is 12.4. The number of nitrogens with one attached hydrogen (secondary N) is 2. The van der Waals surface area contributed by atoms with Gasteiger partial charge in [-0.15, -0.1) is 0 Å². The lowest BCUT2D eigenvalue weighted by atomic mass is 10.2. The highest BCUT2D eigenvalue weighted by Crippen LogP contribution is 2.25. The van der Waals surface area contributed by atoms with Crippen LogP contribution in [0.15, 0.2) is 42.7 Å². The van der Waals surface area contributed by atoms with Gasteiger partial charge in [0.2, 0.25) is 5.88 Å². The second-order valence-corrected chi connectivity index (χ2v) is 6.40. The standard InChI is InChI=1S/C18H14ClF3N4O3/c1-26-8-12(11-4-2-3-5-14(11)26)16(28)25-24-15(27)10-6-13(19)17(23-7-10)29-9-18(20,21)22/h2-8H,9H2,1H3,(H,24,27)(H,25,28). The molecular formula is C18H14ClF3N4O3. The third kappa shape index (κ3) is 4.77. The predicted octanol–water partition coefficient (Wildman–Crippen LogP) is 3.24. The number of fused-ring (bicyclic) bond motifs is 1. The van der Waals surface area contributed by atoms with E-state index < -0.39 is 30.5 Å². The minimum atomic E-state index is -4.55. The van der Waals surface area contributed by atoms with Gasteiger partial charge in [0.1, 0.15) is 5.02 Å². The molecule has 3 rings (SSSR count). The number of benzene rings is 1. The maximum Gasteiger partial charge on any atom is 0.422 e. The van der Waals surface area contributed by atoms with E-state index in [9.17, 15) is 22.8 Å². The van der Waals surface area contributed by atoms with Crippen LogP contribution in [0.3, 0.4) is 0 Å². The number of carbonyl (C=O) groups is 2. The van der Waals surface area contributed by atoms with Crippen LogP contribution in [-0.4, -0.2) is 34.1 Å². The highest BCUT2D eigenvalue weighted by atomic mass is 35.5. The minimum Gasteiger partial charge on any atom is -0.467 e. The molecular weight excluding hydrogens is 413 g/mol. The van der Waals surface area contributed by atoms with Crippen molar-refractivity contribution in [2.75, 3.05) is 6.61 Å². The quantitative estimate of drug-likeness (QED) is 0.627. The van der Waals surface area contributed by atoms with Crippen molar-refractivity contribution in [1.29, 1.82) is 0 Å². The zero-order valence-electron chi connectivity index (χ0n) is 14.9. The summed E-state index contributed by atoms with van der Waals surface area (Å²) in [7, 11) is 1.79. The maximum atomic E-state index is 12.4. The van der Waals surface area contributed by atoms with Crippen LogP contribution in [0, 0.1) is 0 Å². The fraction of sp³-hybridized carbons (Fsp3) is 0.167. The van der Waals surface area contributed by atoms with Crippen molar-refractivity contribution in [3.63, 3.8) is 0 Å². The predicted molar refractivity (Wildman–Crippen MR) is 98.6 cm³/mol. The number of aromatic nitrogens is 2. The highest BCUT2D eigenvalue weighted by Gasteiger charge is 2.29. The van der Waals surface area contributed by atoms with Crippen LogP contribution >= 0.6 is 11.6 Å². The molecule has 2 heterocycles. The van der Waals surface area contributed by atoms with Gasteiger partial charge in [0.15, 0.2) is 6.61 Å². The summed E-state index contributed by atoms with van der Waals surface area (Å²) >= 11 is 5.80. The van der Waals surface area contributed by atoms with E-state index in [-0.39, 0.29) is 10.6 Å². The Bertz CT molecular complexity index is 1080. The number of hydrogen-bond donors (Lipinski definition) is 2. The smallest absolute Gasteiger partial charge is 0.422 e. The second-order valence-electron chi connectivity index (χ2n) is 5.99. The molecule has 0 fully saturated rings. The first kappa shape index (κ1) is 20.5. The number of aryl methyl sites for hydroxylation is 1. The van der Waals surface area contributed by atoms with Gasteiger partial charge in [0.25, 0.3) is 11.8 Å². The summed E-state index contributed by atoms with van der Waals surface area (Å²) in [6.07, 6.45) is -1.94. The number of nitrogens with zero attached hydrogens (tertiary/aromatic N) is 2. The summed E-state index contributed by atoms with van der Waals surface area (Å²) in [4.78, 5) is 28.2. The normalized spacial score (nSPS) is 11.3. The molecule has 152 valence electrons. The van der Waals surface area contributed by atoms with Gasteiger partial charge >= 0.3 is 6.18 Å². The van der Waals surface area contributed by atoms with Crippen molar-refractivity contribution in [3.8, 4) is 5.88 Å². The first-order valence-corrected chi connectivity index (χ1v) is 8.53. The molecule has 0 radical (unpaired) electrons. The molecule has 29 heavy (non-hydrogen) atoms. The van der Waals surface area contributed by atoms with Crippen LogP contribution in [-0.2, 0) is 7.05 Å². The third-order valence-electron chi connectivity index (χ3n) is 3.87. The Morgan fingerprint density at radius 1 is 1.21 bits per heavy atom. The number of rotatable bonds is 4. The van der Waals surface area contributed by atoms with E-state index in [0.29, 0.717) is 10.9 Å². The molecule has 2 amide bonds. The van der Waals surface area contributed by atoms with E-state index in [1.165, 1.54) is 0 Å². The van der Waals surface area contributed by atoms with E-state index in [2.05, 4.69) is 20.6 Å². The summed E-state index contributed by atoms with van der Waals surface area (Å²) in [6, 6.07) is 8.33. The van der Waals surface area contributed by atoms with E-state index in [0.717, 1.165) is 17.8 Å².